The van der Waals surface area contributed by atoms with Crippen molar-refractivity contribution in [1.29, 1.82) is 0 Å². The van der Waals surface area contributed by atoms with Gasteiger partial charge in [0.15, 0.2) is 0 Å². The molecule has 0 aromatic carbocycles. The maximum atomic E-state index is 12.5. The molecule has 2 rings (SSSR count). The predicted molar refractivity (Wildman–Crippen MR) is 101 cm³/mol. The van der Waals surface area contributed by atoms with E-state index in [1.54, 1.807) is 17.7 Å². The molecule has 3 atom stereocenters. The van der Waals surface area contributed by atoms with Gasteiger partial charge in [-0.05, 0) is 40.7 Å². The van der Waals surface area contributed by atoms with Gasteiger partial charge >= 0.3 is 5.69 Å². The molecular formula is C17H31N3O4Si. The summed E-state index contributed by atoms with van der Waals surface area (Å²) in [4.78, 5) is 26.7. The van der Waals surface area contributed by atoms with E-state index in [1.807, 2.05) is 20.8 Å². The largest absolute Gasteiger partial charge is 0.370 e. The highest BCUT2D eigenvalue weighted by molar-refractivity contribution is 6.58. The van der Waals surface area contributed by atoms with Crippen molar-refractivity contribution < 1.29 is 9.47 Å². The van der Waals surface area contributed by atoms with Crippen LogP contribution in [-0.2, 0) is 14.8 Å². The number of nitrogens with two attached hydrogens (primary N) is 1. The summed E-state index contributed by atoms with van der Waals surface area (Å²) >= 11 is 0. The van der Waals surface area contributed by atoms with Gasteiger partial charge in [-0.1, -0.05) is 13.1 Å². The Morgan fingerprint density at radius 3 is 2.60 bits per heavy atom. The van der Waals surface area contributed by atoms with Crippen molar-refractivity contribution in [2.45, 2.75) is 76.8 Å². The van der Waals surface area contributed by atoms with Crippen LogP contribution in [0, 0.1) is 6.92 Å². The molecular weight excluding hydrogens is 338 g/mol. The highest BCUT2D eigenvalue weighted by atomic mass is 28.3. The van der Waals surface area contributed by atoms with Gasteiger partial charge in [-0.2, -0.15) is 0 Å². The average molecular weight is 370 g/mol. The Labute approximate surface area is 150 Å². The van der Waals surface area contributed by atoms with Gasteiger partial charge in [0.05, 0.1) is 26.6 Å². The molecule has 142 valence electrons. The Morgan fingerprint density at radius 2 is 2.08 bits per heavy atom. The molecule has 25 heavy (non-hydrogen) atoms. The van der Waals surface area contributed by atoms with Gasteiger partial charge in [-0.25, -0.2) is 4.79 Å². The first-order chi connectivity index (χ1) is 11.5. The molecule has 0 aliphatic carbocycles. The molecule has 8 heteroatoms. The lowest BCUT2D eigenvalue weighted by Gasteiger charge is -2.34. The third-order valence-electron chi connectivity index (χ3n) is 4.65. The maximum Gasteiger partial charge on any atom is 0.330 e. The van der Waals surface area contributed by atoms with E-state index in [1.165, 1.54) is 0 Å². The second-order valence-corrected chi connectivity index (χ2v) is 11.4. The SMILES string of the molecule is Cc1cn([C@@]2([SiH](C)C)C[C@H](OC(C)(C)C)[C@@H](CCN)O2)c(=O)[nH]c1=O. The molecule has 0 radical (unpaired) electrons. The summed E-state index contributed by atoms with van der Waals surface area (Å²) in [5.41, 5.74) is 5.16. The number of nitrogens with zero attached hydrogens (tertiary/aromatic N) is 1. The van der Waals surface area contributed by atoms with E-state index in [2.05, 4.69) is 18.1 Å². The summed E-state index contributed by atoms with van der Waals surface area (Å²) in [6.07, 6.45) is 2.56. The van der Waals surface area contributed by atoms with E-state index in [4.69, 9.17) is 15.2 Å². The van der Waals surface area contributed by atoms with E-state index >= 15 is 0 Å². The lowest BCUT2D eigenvalue weighted by molar-refractivity contribution is -0.101. The van der Waals surface area contributed by atoms with Crippen LogP contribution < -0.4 is 17.0 Å². The standard InChI is InChI=1S/C17H31N3O4Si/c1-11-10-20(15(22)19-14(11)21)17(25(5)6)9-13(23-16(2,3)4)12(24-17)7-8-18/h10,12-13,25H,7-9,18H2,1-6H3,(H,19,21,22)/t12-,13+,17+/m1/s1. The second-order valence-electron chi connectivity index (χ2n) is 8.15. The number of hydrogen-bond donors (Lipinski definition) is 2. The van der Waals surface area contributed by atoms with Crippen molar-refractivity contribution in [2.24, 2.45) is 5.73 Å². The average Bonchev–Trinajstić information content (AvgIpc) is 2.81. The molecule has 7 nitrogen and oxygen atoms in total. The monoisotopic (exact) mass is 369 g/mol. The Morgan fingerprint density at radius 1 is 1.44 bits per heavy atom. The Hall–Kier alpha value is -1.22. The third-order valence-corrected chi connectivity index (χ3v) is 7.10. The molecule has 0 bridgehead atoms. The van der Waals surface area contributed by atoms with Crippen molar-refractivity contribution in [2.75, 3.05) is 6.54 Å². The maximum absolute atomic E-state index is 12.5. The van der Waals surface area contributed by atoms with Crippen molar-refractivity contribution in [3.8, 4) is 0 Å². The third kappa shape index (κ3) is 4.13. The van der Waals surface area contributed by atoms with E-state index in [0.29, 0.717) is 24.9 Å². The van der Waals surface area contributed by atoms with Gasteiger partial charge in [0.2, 0.25) is 0 Å². The lowest BCUT2D eigenvalue weighted by atomic mass is 10.1. The molecule has 0 saturated carbocycles. The van der Waals surface area contributed by atoms with Gasteiger partial charge in [-0.3, -0.25) is 14.3 Å². The Balaban J connectivity index is 2.52. The lowest BCUT2D eigenvalue weighted by Crippen LogP contribution is -2.52. The topological polar surface area (TPSA) is 99.3 Å². The van der Waals surface area contributed by atoms with Crippen molar-refractivity contribution >= 4 is 8.80 Å². The van der Waals surface area contributed by atoms with Crippen molar-refractivity contribution in [3.05, 3.63) is 32.6 Å². The fourth-order valence-electron chi connectivity index (χ4n) is 3.44. The summed E-state index contributed by atoms with van der Waals surface area (Å²) in [5.74, 6) is 0. The van der Waals surface area contributed by atoms with E-state index in [-0.39, 0.29) is 23.4 Å². The van der Waals surface area contributed by atoms with Gasteiger partial charge < -0.3 is 15.2 Å². The van der Waals surface area contributed by atoms with Crippen LogP contribution >= 0.6 is 0 Å². The smallest absolute Gasteiger partial charge is 0.330 e. The van der Waals surface area contributed by atoms with Crippen LogP contribution in [0.5, 0.6) is 0 Å². The van der Waals surface area contributed by atoms with Gasteiger partial charge in [-0.15, -0.1) is 0 Å². The number of ether oxygens (including phenoxy) is 2. The van der Waals surface area contributed by atoms with Crippen LogP contribution in [0.2, 0.25) is 13.1 Å². The number of hydrogen-bond acceptors (Lipinski definition) is 5. The van der Waals surface area contributed by atoms with Crippen LogP contribution in [0.4, 0.5) is 0 Å². The fourth-order valence-corrected chi connectivity index (χ4v) is 5.34. The molecule has 1 aliphatic rings. The first-order valence-corrected chi connectivity index (χ1v) is 11.8. The molecule has 1 aromatic heterocycles. The number of rotatable bonds is 5. The zero-order chi connectivity index (χ0) is 19.0. The molecule has 2 heterocycles. The second kappa shape index (κ2) is 7.18. The quantitative estimate of drug-likeness (QED) is 0.750. The molecule has 0 spiro atoms. The zero-order valence-corrected chi connectivity index (χ0v) is 17.2. The summed E-state index contributed by atoms with van der Waals surface area (Å²) in [5, 5.41) is -0.734. The summed E-state index contributed by atoms with van der Waals surface area (Å²) in [6, 6.07) is 0. The summed E-state index contributed by atoms with van der Waals surface area (Å²) in [6.45, 7) is 12.5. The summed E-state index contributed by atoms with van der Waals surface area (Å²) < 4.78 is 14.3. The van der Waals surface area contributed by atoms with Gasteiger partial charge in [0.25, 0.3) is 5.56 Å². The fraction of sp³-hybridized carbons (Fsp3) is 0.765. The highest BCUT2D eigenvalue weighted by Gasteiger charge is 2.51. The van der Waals surface area contributed by atoms with Crippen LogP contribution in [0.15, 0.2) is 15.8 Å². The molecule has 1 saturated heterocycles. The Kier molecular flexibility index (Phi) is 5.77. The molecule has 0 unspecified atom stereocenters. The van der Waals surface area contributed by atoms with Crippen LogP contribution in [0.25, 0.3) is 0 Å². The number of H-pyrrole nitrogens is 1. The minimum atomic E-state index is -1.52. The van der Waals surface area contributed by atoms with Crippen LogP contribution in [-0.4, -0.2) is 42.7 Å². The normalized spacial score (nSPS) is 27.2. The van der Waals surface area contributed by atoms with E-state index < -0.39 is 19.8 Å². The molecule has 1 aromatic rings. The van der Waals surface area contributed by atoms with Crippen LogP contribution in [0.3, 0.4) is 0 Å². The molecule has 1 fully saturated rings. The number of nitrogens with one attached hydrogen (secondary N) is 1. The van der Waals surface area contributed by atoms with Crippen molar-refractivity contribution in [1.82, 2.24) is 9.55 Å². The first-order valence-electron chi connectivity index (χ1n) is 8.89. The molecule has 0 amide bonds. The van der Waals surface area contributed by atoms with Gasteiger partial charge in [0.1, 0.15) is 5.35 Å². The number of aryl methyl sites for hydroxylation is 1. The minimum Gasteiger partial charge on any atom is -0.370 e. The first kappa shape index (κ1) is 20.1. The van der Waals surface area contributed by atoms with Gasteiger partial charge in [0, 0.05) is 18.2 Å². The van der Waals surface area contributed by atoms with Crippen molar-refractivity contribution in [3.63, 3.8) is 0 Å². The highest BCUT2D eigenvalue weighted by Crippen LogP contribution is 2.40. The Bertz CT molecular complexity index is 722. The number of aromatic nitrogens is 2. The molecule has 3 N–H and O–H groups in total. The van der Waals surface area contributed by atoms with E-state index in [9.17, 15) is 9.59 Å². The zero-order valence-electron chi connectivity index (χ0n) is 16.1. The number of aromatic amines is 1. The van der Waals surface area contributed by atoms with E-state index in [0.717, 1.165) is 0 Å². The molecule has 1 aliphatic heterocycles. The predicted octanol–water partition coefficient (Wildman–Crippen LogP) is 0.845. The summed E-state index contributed by atoms with van der Waals surface area (Å²) in [7, 11) is -1.52. The minimum absolute atomic E-state index is 0.141. The van der Waals surface area contributed by atoms with Crippen LogP contribution in [0.1, 0.15) is 39.2 Å².